The third-order valence-corrected chi connectivity index (χ3v) is 14.5. The first-order valence-electron chi connectivity index (χ1n) is 26.0. The van der Waals surface area contributed by atoms with Crippen LogP contribution >= 0.6 is 0 Å². The number of hydrogen-bond acceptors (Lipinski definition) is 13. The lowest BCUT2D eigenvalue weighted by Crippen LogP contribution is -2.62. The van der Waals surface area contributed by atoms with E-state index in [-0.39, 0.29) is 57.0 Å². The minimum absolute atomic E-state index is 0.0807. The molecule has 0 spiro atoms. The standard InChI is InChI=1S/C53H82N8O13/c1-14-31(6)43-41(63)28-42(64)57-53(9,10)52(72)54-36(25-29(2)3)48(68)61-24-16-18-38(61)50(70)59(12)40(27-34-19-21-35(73-13)22-20-34)51(71)74-33(8)44(46(66)55-43)56-45(65)39(26-30(4)5)58(11)49(69)37-17-15-23-60(37)47(67)32(7)62/h19-22,29-31,33,36-41,43-44,63H,14-18,23-28H2,1-13H3,(H,54,72)(H,55,66)(H,56,65)(H,57,64)/t31-,33+,36-,37-,38-,39+,40-,41-,43+,44-/m0/s1. The molecule has 0 aliphatic carbocycles. The highest BCUT2D eigenvalue weighted by molar-refractivity contribution is 6.35. The second kappa shape index (κ2) is 26.4. The number of carbonyl (C=O) groups excluding carboxylic acids is 10. The van der Waals surface area contributed by atoms with Gasteiger partial charge in [0, 0.05) is 40.5 Å². The molecule has 3 heterocycles. The van der Waals surface area contributed by atoms with Gasteiger partial charge in [0.1, 0.15) is 53.6 Å². The summed E-state index contributed by atoms with van der Waals surface area (Å²) < 4.78 is 11.5. The number of likely N-dealkylation sites (N-methyl/N-ethyl adjacent to an activating group) is 2. The summed E-state index contributed by atoms with van der Waals surface area (Å²) in [6.45, 7) is 16.7. The number of methoxy groups -OCH3 is 1. The first-order valence-corrected chi connectivity index (χ1v) is 26.0. The number of carbonyl (C=O) groups is 10. The molecular weight excluding hydrogens is 957 g/mol. The van der Waals surface area contributed by atoms with Gasteiger partial charge in [-0.3, -0.25) is 43.2 Å². The van der Waals surface area contributed by atoms with Crippen LogP contribution in [0.5, 0.6) is 5.75 Å². The summed E-state index contributed by atoms with van der Waals surface area (Å²) in [5.41, 5.74) is -1.02. The fourth-order valence-corrected chi connectivity index (χ4v) is 9.89. The van der Waals surface area contributed by atoms with Gasteiger partial charge in [-0.15, -0.1) is 0 Å². The third kappa shape index (κ3) is 15.2. The number of fused-ring (bicyclic) bond motifs is 1. The van der Waals surface area contributed by atoms with Crippen molar-refractivity contribution in [2.75, 3.05) is 34.3 Å². The number of Topliss-reactive ketones (excluding diaryl/α,β-unsaturated/α-hetero) is 1. The van der Waals surface area contributed by atoms with Crippen molar-refractivity contribution in [3.63, 3.8) is 0 Å². The fraction of sp³-hybridized carbons (Fsp3) is 0.698. The molecule has 4 rings (SSSR count). The van der Waals surface area contributed by atoms with Crippen molar-refractivity contribution in [1.29, 1.82) is 0 Å². The van der Waals surface area contributed by atoms with E-state index in [1.165, 1.54) is 61.6 Å². The van der Waals surface area contributed by atoms with Crippen LogP contribution in [-0.4, -0.2) is 178 Å². The van der Waals surface area contributed by atoms with Crippen molar-refractivity contribution in [3.8, 4) is 5.75 Å². The maximum absolute atomic E-state index is 14.9. The van der Waals surface area contributed by atoms with Gasteiger partial charge in [0.05, 0.1) is 25.7 Å². The fourth-order valence-electron chi connectivity index (χ4n) is 9.89. The van der Waals surface area contributed by atoms with Crippen LogP contribution in [0.1, 0.15) is 126 Å². The van der Waals surface area contributed by atoms with Crippen LogP contribution in [0.4, 0.5) is 0 Å². The number of likely N-dealkylation sites (tertiary alicyclic amines) is 1. The highest BCUT2D eigenvalue weighted by atomic mass is 16.5. The summed E-state index contributed by atoms with van der Waals surface area (Å²) in [4.78, 5) is 146. The number of cyclic esters (lactones) is 1. The Balaban J connectivity index is 1.86. The number of ketones is 1. The third-order valence-electron chi connectivity index (χ3n) is 14.5. The summed E-state index contributed by atoms with van der Waals surface area (Å²) in [5, 5.41) is 22.8. The molecule has 3 saturated heterocycles. The van der Waals surface area contributed by atoms with Gasteiger partial charge in [-0.1, -0.05) is 60.1 Å². The van der Waals surface area contributed by atoms with Gasteiger partial charge in [-0.05, 0) is 94.7 Å². The number of aliphatic hydroxyl groups excluding tert-OH is 1. The first kappa shape index (κ1) is 60.4. The Morgan fingerprint density at radius 1 is 0.932 bits per heavy atom. The minimum atomic E-state index is -1.72. The summed E-state index contributed by atoms with van der Waals surface area (Å²) >= 11 is 0. The number of ether oxygens (including phenoxy) is 2. The van der Waals surface area contributed by atoms with Crippen molar-refractivity contribution < 1.29 is 62.5 Å². The smallest absolute Gasteiger partial charge is 0.329 e. The molecule has 10 atom stereocenters. The molecule has 3 aliphatic rings. The van der Waals surface area contributed by atoms with E-state index in [0.29, 0.717) is 30.6 Å². The summed E-state index contributed by atoms with van der Waals surface area (Å²) in [5.74, 6) is -7.68. The lowest BCUT2D eigenvalue weighted by molar-refractivity contribution is -0.162. The Morgan fingerprint density at radius 2 is 1.57 bits per heavy atom. The highest BCUT2D eigenvalue weighted by Crippen LogP contribution is 2.27. The summed E-state index contributed by atoms with van der Waals surface area (Å²) in [6, 6.07) is -1.86. The molecule has 21 nitrogen and oxygen atoms in total. The Kier molecular flexibility index (Phi) is 21.6. The number of aliphatic hydroxyl groups is 1. The molecule has 74 heavy (non-hydrogen) atoms. The molecule has 5 N–H and O–H groups in total. The molecule has 21 heteroatoms. The Labute approximate surface area is 435 Å². The van der Waals surface area contributed by atoms with Gasteiger partial charge >= 0.3 is 5.97 Å². The second-order valence-electron chi connectivity index (χ2n) is 21.7. The molecule has 412 valence electrons. The van der Waals surface area contributed by atoms with E-state index < -0.39 is 131 Å². The topological polar surface area (TPSA) is 270 Å². The molecule has 0 aromatic heterocycles. The van der Waals surface area contributed by atoms with E-state index in [2.05, 4.69) is 21.3 Å². The Hall–Kier alpha value is -6.12. The van der Waals surface area contributed by atoms with Crippen LogP contribution in [0.25, 0.3) is 0 Å². The maximum Gasteiger partial charge on any atom is 0.329 e. The van der Waals surface area contributed by atoms with Crippen molar-refractivity contribution in [3.05, 3.63) is 29.8 Å². The summed E-state index contributed by atoms with van der Waals surface area (Å²) in [7, 11) is 4.31. The quantitative estimate of drug-likeness (QED) is 0.131. The molecule has 1 aromatic rings. The van der Waals surface area contributed by atoms with Gasteiger partial charge < -0.3 is 55.4 Å². The predicted molar refractivity (Wildman–Crippen MR) is 273 cm³/mol. The van der Waals surface area contributed by atoms with Gasteiger partial charge in [0.25, 0.3) is 5.91 Å². The van der Waals surface area contributed by atoms with Gasteiger partial charge in [-0.2, -0.15) is 0 Å². The lowest BCUT2D eigenvalue weighted by atomic mass is 9.91. The largest absolute Gasteiger partial charge is 0.497 e. The average Bonchev–Trinajstić information content (AvgIpc) is 4.04. The molecule has 0 saturated carbocycles. The normalized spacial score (nSPS) is 26.5. The number of esters is 1. The van der Waals surface area contributed by atoms with Crippen LogP contribution in [0, 0.1) is 17.8 Å². The predicted octanol–water partition coefficient (Wildman–Crippen LogP) is 1.65. The number of hydrogen-bond donors (Lipinski definition) is 5. The monoisotopic (exact) mass is 1040 g/mol. The molecule has 3 aliphatic heterocycles. The SMILES string of the molecule is CC[C@H](C)[C@H]1NC(=O)[C@@H](NC(=O)[C@@H](CC(C)C)N(C)C(=O)[C@@H]2CCCN2C(=O)C(C)=O)[C@@H](C)OC(=O)[C@H](Cc2ccc(OC)cc2)N(C)C(=O)[C@@H]2CCCN2C(=O)[C@H](CC(C)C)NC(=O)C(C)(C)NC(=O)C[C@@H]1O. The molecule has 3 fully saturated rings. The molecule has 0 unspecified atom stereocenters. The van der Waals surface area contributed by atoms with E-state index in [1.807, 2.05) is 27.7 Å². The highest BCUT2D eigenvalue weighted by Gasteiger charge is 2.46. The molecule has 1 aromatic carbocycles. The maximum atomic E-state index is 14.9. The second-order valence-corrected chi connectivity index (χ2v) is 21.7. The zero-order chi connectivity index (χ0) is 55.5. The number of rotatable bonds is 14. The molecular formula is C53H82N8O13. The number of amides is 8. The van der Waals surface area contributed by atoms with E-state index in [1.54, 1.807) is 38.1 Å². The zero-order valence-electron chi connectivity index (χ0n) is 45.7. The number of benzene rings is 1. The first-order chi connectivity index (χ1) is 34.6. The van der Waals surface area contributed by atoms with Crippen LogP contribution in [0.2, 0.25) is 0 Å². The number of nitrogens with zero attached hydrogens (tertiary/aromatic N) is 4. The van der Waals surface area contributed by atoms with Crippen molar-refractivity contribution in [2.45, 2.75) is 187 Å². The van der Waals surface area contributed by atoms with Crippen LogP contribution < -0.4 is 26.0 Å². The van der Waals surface area contributed by atoms with Gasteiger partial charge in [-0.25, -0.2) is 4.79 Å². The van der Waals surface area contributed by atoms with Crippen molar-refractivity contribution in [2.24, 2.45) is 17.8 Å². The number of nitrogens with one attached hydrogen (secondary N) is 4. The average molecular weight is 1040 g/mol. The van der Waals surface area contributed by atoms with Gasteiger partial charge in [0.2, 0.25) is 47.1 Å². The van der Waals surface area contributed by atoms with Crippen molar-refractivity contribution >= 4 is 59.0 Å². The van der Waals surface area contributed by atoms with Crippen LogP contribution in [0.3, 0.4) is 0 Å². The van der Waals surface area contributed by atoms with Gasteiger partial charge in [0.15, 0.2) is 0 Å². The minimum Gasteiger partial charge on any atom is -0.497 e. The van der Waals surface area contributed by atoms with Crippen LogP contribution in [-0.2, 0) is 59.1 Å². The van der Waals surface area contributed by atoms with Crippen molar-refractivity contribution in [1.82, 2.24) is 40.9 Å². The zero-order valence-corrected chi connectivity index (χ0v) is 45.7. The summed E-state index contributed by atoms with van der Waals surface area (Å²) in [6.07, 6.45) is -1.69. The van der Waals surface area contributed by atoms with E-state index in [4.69, 9.17) is 9.47 Å². The Bertz CT molecular complexity index is 2220. The lowest BCUT2D eigenvalue weighted by Gasteiger charge is -2.36. The van der Waals surface area contributed by atoms with E-state index in [9.17, 15) is 53.1 Å². The molecule has 0 radical (unpaired) electrons. The molecule has 0 bridgehead atoms. The Morgan fingerprint density at radius 3 is 2.15 bits per heavy atom. The van der Waals surface area contributed by atoms with Crippen LogP contribution in [0.15, 0.2) is 24.3 Å². The molecule has 8 amide bonds. The van der Waals surface area contributed by atoms with E-state index in [0.717, 1.165) is 6.92 Å². The van der Waals surface area contributed by atoms with E-state index >= 15 is 0 Å².